The number of rotatable bonds is 6. The highest BCUT2D eigenvalue weighted by atomic mass is 16.5. The number of hydrogen-bond acceptors (Lipinski definition) is 7. The predicted molar refractivity (Wildman–Crippen MR) is 187 cm³/mol. The summed E-state index contributed by atoms with van der Waals surface area (Å²) in [5.74, 6) is 0.797. The molecule has 0 bridgehead atoms. The molecule has 2 saturated heterocycles. The van der Waals surface area contributed by atoms with Crippen molar-refractivity contribution < 1.29 is 14.3 Å². The molecule has 1 spiro atoms. The zero-order chi connectivity index (χ0) is 32.3. The van der Waals surface area contributed by atoms with Gasteiger partial charge in [-0.05, 0) is 105 Å². The fourth-order valence-corrected chi connectivity index (χ4v) is 8.99. The van der Waals surface area contributed by atoms with E-state index in [4.69, 9.17) is 14.5 Å². The molecule has 0 unspecified atom stereocenters. The van der Waals surface area contributed by atoms with E-state index in [0.717, 1.165) is 41.2 Å². The van der Waals surface area contributed by atoms with Crippen LogP contribution in [0.3, 0.4) is 0 Å². The highest BCUT2D eigenvalue weighted by molar-refractivity contribution is 5.99. The number of piperidine rings is 1. The minimum absolute atomic E-state index is 0.0907. The average molecular weight is 634 g/mol. The standard InChI is InChI=1S/C39H47N5O3/c1-25(2)30-8-5-6-9-31(30)33-10-7-17-43(33)29-22-39(23-29)14-18-42(19-15-39)28-11-12-32(38(45)46-4)34(21-28)44-24-26(3)47-37-35(44)20-27-13-16-40-36(27)41-37/h5-6,8-9,11-13,16,20-21,25-26,29,33H,7,10,14-15,17-19,22-24H2,1-4H3,(H,40,41)/t26-,33+/m1/s1. The number of aromatic amines is 1. The minimum atomic E-state index is -0.336. The van der Waals surface area contributed by atoms with Crippen LogP contribution in [0.1, 0.15) is 92.7 Å². The molecule has 2 aromatic carbocycles. The molecule has 8 heteroatoms. The molecule has 4 aliphatic rings. The monoisotopic (exact) mass is 633 g/mol. The lowest BCUT2D eigenvalue weighted by Crippen LogP contribution is -2.55. The number of nitrogens with one attached hydrogen (secondary N) is 1. The number of likely N-dealkylation sites (tertiary alicyclic amines) is 1. The second-order valence-electron chi connectivity index (χ2n) is 14.7. The van der Waals surface area contributed by atoms with Gasteiger partial charge in [-0.25, -0.2) is 4.79 Å². The van der Waals surface area contributed by atoms with Crippen LogP contribution in [0.5, 0.6) is 5.88 Å². The van der Waals surface area contributed by atoms with Gasteiger partial charge < -0.3 is 24.3 Å². The first kappa shape index (κ1) is 30.3. The Labute approximate surface area is 278 Å². The number of methoxy groups -OCH3 is 1. The third-order valence-corrected chi connectivity index (χ3v) is 11.5. The second kappa shape index (κ2) is 11.9. The van der Waals surface area contributed by atoms with Crippen molar-refractivity contribution in [1.82, 2.24) is 14.9 Å². The molecule has 1 aliphatic carbocycles. The summed E-state index contributed by atoms with van der Waals surface area (Å²) in [4.78, 5) is 28.5. The number of carbonyl (C=O) groups is 1. The van der Waals surface area contributed by atoms with Gasteiger partial charge in [-0.2, -0.15) is 4.98 Å². The van der Waals surface area contributed by atoms with Crippen molar-refractivity contribution >= 4 is 34.1 Å². The molecule has 0 radical (unpaired) electrons. The smallest absolute Gasteiger partial charge is 0.339 e. The van der Waals surface area contributed by atoms with Crippen LogP contribution in [0.15, 0.2) is 60.8 Å². The molecule has 1 saturated carbocycles. The van der Waals surface area contributed by atoms with Crippen LogP contribution in [-0.4, -0.2) is 66.3 Å². The Morgan fingerprint density at radius 2 is 1.85 bits per heavy atom. The molecule has 2 atom stereocenters. The number of nitrogens with zero attached hydrogens (tertiary/aromatic N) is 4. The van der Waals surface area contributed by atoms with Crippen molar-refractivity contribution in [2.24, 2.45) is 5.41 Å². The Morgan fingerprint density at radius 3 is 2.64 bits per heavy atom. The van der Waals surface area contributed by atoms with Gasteiger partial charge in [-0.1, -0.05) is 38.1 Å². The molecule has 3 fully saturated rings. The van der Waals surface area contributed by atoms with E-state index in [2.05, 4.69) is 76.0 Å². The van der Waals surface area contributed by atoms with Crippen molar-refractivity contribution in [2.45, 2.75) is 83.4 Å². The highest BCUT2D eigenvalue weighted by Gasteiger charge is 2.50. The number of fused-ring (bicyclic) bond motifs is 2. The normalized spacial score (nSPS) is 22.8. The predicted octanol–water partition coefficient (Wildman–Crippen LogP) is 7.98. The van der Waals surface area contributed by atoms with E-state index >= 15 is 0 Å². The fraction of sp³-hybridized carbons (Fsp3) is 0.487. The lowest BCUT2D eigenvalue weighted by molar-refractivity contribution is -0.0227. The lowest BCUT2D eigenvalue weighted by atomic mass is 9.59. The third-order valence-electron chi connectivity index (χ3n) is 11.5. The highest BCUT2D eigenvalue weighted by Crippen LogP contribution is 2.54. The summed E-state index contributed by atoms with van der Waals surface area (Å²) in [6, 6.07) is 20.7. The quantitative estimate of drug-likeness (QED) is 0.216. The molecular weight excluding hydrogens is 586 g/mol. The number of esters is 1. The van der Waals surface area contributed by atoms with E-state index in [1.807, 2.05) is 25.3 Å². The second-order valence-corrected chi connectivity index (χ2v) is 14.7. The molecule has 0 amide bonds. The van der Waals surface area contributed by atoms with E-state index in [1.54, 1.807) is 5.56 Å². The van der Waals surface area contributed by atoms with E-state index < -0.39 is 0 Å². The Hall–Kier alpha value is -4.04. The van der Waals surface area contributed by atoms with Gasteiger partial charge in [0, 0.05) is 42.4 Å². The molecule has 3 aliphatic heterocycles. The van der Waals surface area contributed by atoms with Crippen molar-refractivity contribution in [3.05, 3.63) is 77.5 Å². The molecule has 2 aromatic heterocycles. The topological polar surface area (TPSA) is 73.9 Å². The Balaban J connectivity index is 1.000. The number of aromatic nitrogens is 2. The summed E-state index contributed by atoms with van der Waals surface area (Å²) in [5, 5.41) is 1.01. The molecular formula is C39H47N5O3. The van der Waals surface area contributed by atoms with Crippen LogP contribution >= 0.6 is 0 Å². The van der Waals surface area contributed by atoms with E-state index in [-0.39, 0.29) is 12.1 Å². The van der Waals surface area contributed by atoms with Gasteiger partial charge in [-0.15, -0.1) is 0 Å². The summed E-state index contributed by atoms with van der Waals surface area (Å²) in [5.41, 5.74) is 7.74. The van der Waals surface area contributed by atoms with Crippen molar-refractivity contribution in [1.29, 1.82) is 0 Å². The number of benzene rings is 2. The van der Waals surface area contributed by atoms with Gasteiger partial charge in [-0.3, -0.25) is 4.90 Å². The number of H-pyrrole nitrogens is 1. The third kappa shape index (κ3) is 5.35. The van der Waals surface area contributed by atoms with Crippen molar-refractivity contribution in [3.8, 4) is 5.88 Å². The first-order chi connectivity index (χ1) is 22.8. The summed E-state index contributed by atoms with van der Waals surface area (Å²) < 4.78 is 11.4. The summed E-state index contributed by atoms with van der Waals surface area (Å²) in [6.45, 7) is 10.6. The molecule has 47 heavy (non-hydrogen) atoms. The van der Waals surface area contributed by atoms with Gasteiger partial charge in [0.05, 0.1) is 24.9 Å². The van der Waals surface area contributed by atoms with Gasteiger partial charge >= 0.3 is 5.97 Å². The van der Waals surface area contributed by atoms with E-state index in [0.29, 0.717) is 41.4 Å². The minimum Gasteiger partial charge on any atom is -0.471 e. The maximum atomic E-state index is 13.0. The summed E-state index contributed by atoms with van der Waals surface area (Å²) >= 11 is 0. The zero-order valence-electron chi connectivity index (χ0n) is 28.2. The van der Waals surface area contributed by atoms with Gasteiger partial charge in [0.1, 0.15) is 17.4 Å². The van der Waals surface area contributed by atoms with E-state index in [9.17, 15) is 4.79 Å². The average Bonchev–Trinajstić information content (AvgIpc) is 3.75. The first-order valence-corrected chi connectivity index (χ1v) is 17.6. The van der Waals surface area contributed by atoms with E-state index in [1.165, 1.54) is 57.7 Å². The number of hydrogen-bond donors (Lipinski definition) is 1. The van der Waals surface area contributed by atoms with Crippen LogP contribution in [-0.2, 0) is 4.74 Å². The molecule has 8 nitrogen and oxygen atoms in total. The van der Waals surface area contributed by atoms with Gasteiger partial charge in [0.25, 0.3) is 0 Å². The van der Waals surface area contributed by atoms with Gasteiger partial charge in [0.15, 0.2) is 0 Å². The maximum Gasteiger partial charge on any atom is 0.339 e. The number of ether oxygens (including phenoxy) is 2. The van der Waals surface area contributed by atoms with Crippen LogP contribution < -0.4 is 14.5 Å². The Bertz CT molecular complexity index is 1780. The molecule has 4 aromatic rings. The fourth-order valence-electron chi connectivity index (χ4n) is 8.99. The SMILES string of the molecule is COC(=O)c1ccc(N2CCC3(CC2)CC(N2CCC[C@H]2c2ccccc2C(C)C)C3)cc1N1C[C@@H](C)Oc2nc3[nH]ccc3cc21. The van der Waals surface area contributed by atoms with Crippen molar-refractivity contribution in [2.75, 3.05) is 43.1 Å². The van der Waals surface area contributed by atoms with Crippen LogP contribution in [0.4, 0.5) is 17.1 Å². The van der Waals surface area contributed by atoms with Crippen LogP contribution in [0.2, 0.25) is 0 Å². The molecule has 8 rings (SSSR count). The first-order valence-electron chi connectivity index (χ1n) is 17.6. The lowest BCUT2D eigenvalue weighted by Gasteiger charge is -2.56. The van der Waals surface area contributed by atoms with Crippen LogP contribution in [0, 0.1) is 5.41 Å². The summed E-state index contributed by atoms with van der Waals surface area (Å²) in [7, 11) is 1.45. The molecule has 5 heterocycles. The zero-order valence-corrected chi connectivity index (χ0v) is 28.2. The van der Waals surface area contributed by atoms with Gasteiger partial charge in [0.2, 0.25) is 5.88 Å². The molecule has 246 valence electrons. The number of pyridine rings is 1. The Kier molecular flexibility index (Phi) is 7.66. The summed E-state index contributed by atoms with van der Waals surface area (Å²) in [6.07, 6.45) is 9.44. The molecule has 1 N–H and O–H groups in total. The maximum absolute atomic E-state index is 13.0. The van der Waals surface area contributed by atoms with Crippen molar-refractivity contribution in [3.63, 3.8) is 0 Å². The number of carbonyl (C=O) groups excluding carboxylic acids is 1. The Morgan fingerprint density at radius 1 is 1.04 bits per heavy atom. The van der Waals surface area contributed by atoms with Crippen LogP contribution in [0.25, 0.3) is 11.0 Å². The largest absolute Gasteiger partial charge is 0.471 e. The number of anilines is 3.